The second-order valence-electron chi connectivity index (χ2n) is 5.63. The smallest absolute Gasteiger partial charge is 0.243 e. The molecule has 2 rings (SSSR count). The van der Waals surface area contributed by atoms with Gasteiger partial charge in [0.25, 0.3) is 0 Å². The zero-order chi connectivity index (χ0) is 16.5. The summed E-state index contributed by atoms with van der Waals surface area (Å²) in [5, 5.41) is 2.25. The molecule has 4 nitrogen and oxygen atoms in total. The second-order valence-corrected chi connectivity index (χ2v) is 5.63. The van der Waals surface area contributed by atoms with Crippen LogP contribution in [0.3, 0.4) is 0 Å². The molecule has 0 fully saturated rings. The maximum Gasteiger partial charge on any atom is 0.243 e. The van der Waals surface area contributed by atoms with Gasteiger partial charge >= 0.3 is 0 Å². The van der Waals surface area contributed by atoms with Gasteiger partial charge in [-0.15, -0.1) is 0 Å². The molecule has 0 aliphatic rings. The van der Waals surface area contributed by atoms with Crippen molar-refractivity contribution in [2.24, 2.45) is 0 Å². The van der Waals surface area contributed by atoms with Crippen LogP contribution in [0.4, 0.5) is 0 Å². The average Bonchev–Trinajstić information content (AvgIpc) is 2.57. The Balaban J connectivity index is 1.71. The molecule has 0 saturated heterocycles. The summed E-state index contributed by atoms with van der Waals surface area (Å²) < 4.78 is 0. The maximum atomic E-state index is 12.2. The van der Waals surface area contributed by atoms with Crippen LogP contribution >= 0.6 is 0 Å². The summed E-state index contributed by atoms with van der Waals surface area (Å²) in [7, 11) is 1.43. The van der Waals surface area contributed by atoms with Crippen LogP contribution in [0.25, 0.3) is 10.8 Å². The molecule has 0 spiro atoms. The van der Waals surface area contributed by atoms with E-state index in [0.29, 0.717) is 12.8 Å². The minimum Gasteiger partial charge on any atom is -0.294 e. The molecular weight excluding hydrogens is 290 g/mol. The molecule has 23 heavy (non-hydrogen) atoms. The number of hydrogen-bond acceptors (Lipinski definition) is 3. The van der Waals surface area contributed by atoms with Crippen LogP contribution in [0, 0.1) is 0 Å². The Hall–Kier alpha value is -2.20. The monoisotopic (exact) mass is 313 g/mol. The van der Waals surface area contributed by atoms with Crippen LogP contribution in [0.1, 0.15) is 48.9 Å². The molecule has 1 amide bonds. The Labute approximate surface area is 136 Å². The topological polar surface area (TPSA) is 55.4 Å². The first-order valence-electron chi connectivity index (χ1n) is 8.04. The highest BCUT2D eigenvalue weighted by Crippen LogP contribution is 2.17. The van der Waals surface area contributed by atoms with Gasteiger partial charge in [-0.2, -0.15) is 0 Å². The predicted molar refractivity (Wildman–Crippen MR) is 91.1 cm³/mol. The lowest BCUT2D eigenvalue weighted by Gasteiger charge is -2.04. The Morgan fingerprint density at radius 3 is 2.35 bits per heavy atom. The molecule has 2 aromatic rings. The van der Waals surface area contributed by atoms with Crippen molar-refractivity contribution in [2.75, 3.05) is 7.11 Å². The molecule has 0 bridgehead atoms. The van der Waals surface area contributed by atoms with E-state index in [9.17, 15) is 9.59 Å². The number of carbonyl (C=O) groups is 2. The van der Waals surface area contributed by atoms with Gasteiger partial charge in [-0.1, -0.05) is 49.2 Å². The number of Topliss-reactive ketones (excluding diaryl/α,β-unsaturated/α-hetero) is 1. The normalized spacial score (nSPS) is 10.7. The third-order valence-corrected chi connectivity index (χ3v) is 3.85. The first-order valence-corrected chi connectivity index (χ1v) is 8.04. The molecule has 0 aromatic heterocycles. The standard InChI is InChI=1S/C19H23NO3/c1-23-20-19(22)11-5-3-2-4-10-18(21)17-13-12-15-8-6-7-9-16(15)14-17/h6-9,12-14H,2-5,10-11H2,1H3,(H,20,22). The molecule has 1 N–H and O–H groups in total. The van der Waals surface area contributed by atoms with Crippen molar-refractivity contribution in [3.8, 4) is 0 Å². The number of unbranched alkanes of at least 4 members (excludes halogenated alkanes) is 3. The number of benzene rings is 2. The first kappa shape index (κ1) is 17.2. The predicted octanol–water partition coefficient (Wildman–Crippen LogP) is 4.04. The van der Waals surface area contributed by atoms with Crippen LogP contribution in [-0.2, 0) is 9.63 Å². The number of ketones is 1. The summed E-state index contributed by atoms with van der Waals surface area (Å²) in [4.78, 5) is 28.0. The molecular formula is C19H23NO3. The summed E-state index contributed by atoms with van der Waals surface area (Å²) in [5.41, 5.74) is 3.08. The van der Waals surface area contributed by atoms with Crippen LogP contribution < -0.4 is 5.48 Å². The van der Waals surface area contributed by atoms with Crippen molar-refractivity contribution in [2.45, 2.75) is 38.5 Å². The molecule has 0 radical (unpaired) electrons. The number of nitrogens with one attached hydrogen (secondary N) is 1. The van der Waals surface area contributed by atoms with Crippen molar-refractivity contribution in [1.29, 1.82) is 0 Å². The van der Waals surface area contributed by atoms with E-state index in [1.807, 2.05) is 42.5 Å². The number of rotatable bonds is 9. The summed E-state index contributed by atoms with van der Waals surface area (Å²) >= 11 is 0. The minimum absolute atomic E-state index is 0.0975. The van der Waals surface area contributed by atoms with Gasteiger partial charge in [-0.3, -0.25) is 14.4 Å². The third-order valence-electron chi connectivity index (χ3n) is 3.85. The summed E-state index contributed by atoms with van der Waals surface area (Å²) in [5.74, 6) is 0.0904. The lowest BCUT2D eigenvalue weighted by molar-refractivity contribution is -0.131. The minimum atomic E-state index is -0.0975. The van der Waals surface area contributed by atoms with Gasteiger partial charge in [0.2, 0.25) is 5.91 Å². The molecule has 0 atom stereocenters. The van der Waals surface area contributed by atoms with Gasteiger partial charge in [0, 0.05) is 18.4 Å². The van der Waals surface area contributed by atoms with Crippen LogP contribution in [0.5, 0.6) is 0 Å². The van der Waals surface area contributed by atoms with E-state index in [1.54, 1.807) is 0 Å². The zero-order valence-electron chi connectivity index (χ0n) is 13.5. The fourth-order valence-corrected chi connectivity index (χ4v) is 2.60. The van der Waals surface area contributed by atoms with Crippen LogP contribution in [0.2, 0.25) is 0 Å². The van der Waals surface area contributed by atoms with Gasteiger partial charge in [0.05, 0.1) is 7.11 Å². The highest BCUT2D eigenvalue weighted by atomic mass is 16.6. The van der Waals surface area contributed by atoms with E-state index >= 15 is 0 Å². The lowest BCUT2D eigenvalue weighted by atomic mass is 10.0. The zero-order valence-corrected chi connectivity index (χ0v) is 13.5. The second kappa shape index (κ2) is 9.06. The highest BCUT2D eigenvalue weighted by molar-refractivity contribution is 5.99. The largest absolute Gasteiger partial charge is 0.294 e. The van der Waals surface area contributed by atoms with E-state index in [2.05, 4.69) is 10.3 Å². The summed E-state index contributed by atoms with van der Waals surface area (Å²) in [6, 6.07) is 13.9. The van der Waals surface area contributed by atoms with Crippen molar-refractivity contribution in [1.82, 2.24) is 5.48 Å². The number of carbonyl (C=O) groups excluding carboxylic acids is 2. The number of fused-ring (bicyclic) bond motifs is 1. The fourth-order valence-electron chi connectivity index (χ4n) is 2.60. The quantitative estimate of drug-likeness (QED) is 0.432. The number of hydrogen-bond donors (Lipinski definition) is 1. The van der Waals surface area contributed by atoms with Gasteiger partial charge < -0.3 is 0 Å². The van der Waals surface area contributed by atoms with Gasteiger partial charge in [0.15, 0.2) is 5.78 Å². The maximum absolute atomic E-state index is 12.2. The fraction of sp³-hybridized carbons (Fsp3) is 0.368. The van der Waals surface area contributed by atoms with Crippen molar-refractivity contribution < 1.29 is 14.4 Å². The Morgan fingerprint density at radius 2 is 1.61 bits per heavy atom. The van der Waals surface area contributed by atoms with Crippen LogP contribution in [-0.4, -0.2) is 18.8 Å². The van der Waals surface area contributed by atoms with Gasteiger partial charge in [0.1, 0.15) is 0 Å². The van der Waals surface area contributed by atoms with E-state index < -0.39 is 0 Å². The Morgan fingerprint density at radius 1 is 0.913 bits per heavy atom. The third kappa shape index (κ3) is 5.49. The SMILES string of the molecule is CONC(=O)CCCCCCC(=O)c1ccc2ccccc2c1. The molecule has 122 valence electrons. The molecule has 0 heterocycles. The van der Waals surface area contributed by atoms with Crippen molar-refractivity contribution in [3.63, 3.8) is 0 Å². The molecule has 2 aromatic carbocycles. The number of amides is 1. The number of hydroxylamine groups is 1. The van der Waals surface area contributed by atoms with Crippen molar-refractivity contribution >= 4 is 22.5 Å². The average molecular weight is 313 g/mol. The van der Waals surface area contributed by atoms with E-state index in [1.165, 1.54) is 7.11 Å². The van der Waals surface area contributed by atoms with E-state index in [-0.39, 0.29) is 11.7 Å². The molecule has 0 aliphatic carbocycles. The van der Waals surface area contributed by atoms with E-state index in [0.717, 1.165) is 42.0 Å². The van der Waals surface area contributed by atoms with Crippen molar-refractivity contribution in [3.05, 3.63) is 48.0 Å². The summed E-state index contributed by atoms with van der Waals surface area (Å²) in [6.07, 6.45) is 4.60. The highest BCUT2D eigenvalue weighted by Gasteiger charge is 2.06. The summed E-state index contributed by atoms with van der Waals surface area (Å²) in [6.45, 7) is 0. The molecule has 0 aliphatic heterocycles. The van der Waals surface area contributed by atoms with Gasteiger partial charge in [-0.05, 0) is 29.7 Å². The molecule has 4 heteroatoms. The molecule has 0 saturated carbocycles. The van der Waals surface area contributed by atoms with Gasteiger partial charge in [-0.25, -0.2) is 5.48 Å². The first-order chi connectivity index (χ1) is 11.2. The Bertz CT molecular complexity index is 666. The van der Waals surface area contributed by atoms with Crippen LogP contribution in [0.15, 0.2) is 42.5 Å². The van der Waals surface area contributed by atoms with E-state index in [4.69, 9.17) is 0 Å². The lowest BCUT2D eigenvalue weighted by Crippen LogP contribution is -2.21. The Kier molecular flexibility index (Phi) is 6.76. The molecule has 0 unspecified atom stereocenters.